The van der Waals surface area contributed by atoms with Gasteiger partial charge in [-0.25, -0.2) is 8.42 Å². The van der Waals surface area contributed by atoms with Crippen LogP contribution in [0.2, 0.25) is 0 Å². The predicted octanol–water partition coefficient (Wildman–Crippen LogP) is 2.05. The molecule has 0 spiro atoms. The Morgan fingerprint density at radius 1 is 0.967 bits per heavy atom. The predicted molar refractivity (Wildman–Crippen MR) is 113 cm³/mol. The van der Waals surface area contributed by atoms with Crippen LogP contribution in [0.1, 0.15) is 16.7 Å². The van der Waals surface area contributed by atoms with Gasteiger partial charge in [-0.3, -0.25) is 9.69 Å². The molecule has 7 nitrogen and oxygen atoms in total. The lowest BCUT2D eigenvalue weighted by Crippen LogP contribution is -2.61. The van der Waals surface area contributed by atoms with E-state index in [1.54, 1.807) is 4.90 Å². The summed E-state index contributed by atoms with van der Waals surface area (Å²) in [7, 11) is -3.23. The van der Waals surface area contributed by atoms with Gasteiger partial charge in [-0.05, 0) is 54.8 Å². The SMILES string of the molecule is Cc1cc(C)cc(N2C(=O)CN(Cc3ccc4c(c3)OCO4)[C@H]3CS(=O)(=O)C[C@H]32)c1. The summed E-state index contributed by atoms with van der Waals surface area (Å²) < 4.78 is 35.9. The van der Waals surface area contributed by atoms with Crippen LogP contribution in [0.3, 0.4) is 0 Å². The van der Waals surface area contributed by atoms with E-state index in [1.165, 1.54) is 0 Å². The standard InChI is InChI=1S/C22H24N2O5S/c1-14-5-15(2)7-17(6-14)24-19-12-30(26,27)11-18(19)23(10-22(24)25)9-16-3-4-20-21(8-16)29-13-28-20/h3-8,18-19H,9-13H2,1-2H3/t18-,19+/m0/s1. The molecule has 8 heteroatoms. The van der Waals surface area contributed by atoms with Gasteiger partial charge in [-0.2, -0.15) is 0 Å². The van der Waals surface area contributed by atoms with Crippen LogP contribution in [0, 0.1) is 13.8 Å². The number of fused-ring (bicyclic) bond motifs is 2. The highest BCUT2D eigenvalue weighted by atomic mass is 32.2. The summed E-state index contributed by atoms with van der Waals surface area (Å²) in [5, 5.41) is 0. The van der Waals surface area contributed by atoms with Gasteiger partial charge in [0.25, 0.3) is 0 Å². The molecule has 0 unspecified atom stereocenters. The molecule has 2 fully saturated rings. The van der Waals surface area contributed by atoms with Crippen molar-refractivity contribution in [1.29, 1.82) is 0 Å². The molecule has 2 atom stereocenters. The van der Waals surface area contributed by atoms with Crippen LogP contribution < -0.4 is 14.4 Å². The molecular formula is C22H24N2O5S. The minimum atomic E-state index is -3.23. The average molecular weight is 429 g/mol. The molecule has 0 bridgehead atoms. The summed E-state index contributed by atoms with van der Waals surface area (Å²) in [6, 6.07) is 11.0. The van der Waals surface area contributed by atoms with Crippen LogP contribution in [0.25, 0.3) is 0 Å². The number of anilines is 1. The van der Waals surface area contributed by atoms with E-state index >= 15 is 0 Å². The molecule has 0 saturated carbocycles. The smallest absolute Gasteiger partial charge is 0.241 e. The molecule has 2 aromatic rings. The van der Waals surface area contributed by atoms with Crippen molar-refractivity contribution < 1.29 is 22.7 Å². The number of benzene rings is 2. The van der Waals surface area contributed by atoms with Crippen molar-refractivity contribution in [3.8, 4) is 11.5 Å². The van der Waals surface area contributed by atoms with Crippen LogP contribution in [-0.2, 0) is 21.2 Å². The summed E-state index contributed by atoms with van der Waals surface area (Å²) >= 11 is 0. The van der Waals surface area contributed by atoms with Crippen molar-refractivity contribution in [2.45, 2.75) is 32.5 Å². The number of sulfone groups is 1. The molecule has 1 amide bonds. The normalized spacial score (nSPS) is 24.9. The van der Waals surface area contributed by atoms with Crippen LogP contribution in [-0.4, -0.2) is 56.2 Å². The molecule has 158 valence electrons. The third kappa shape index (κ3) is 3.44. The maximum Gasteiger partial charge on any atom is 0.241 e. The number of hydrogen-bond acceptors (Lipinski definition) is 6. The van der Waals surface area contributed by atoms with Crippen LogP contribution in [0.4, 0.5) is 5.69 Å². The van der Waals surface area contributed by atoms with Crippen LogP contribution in [0.5, 0.6) is 11.5 Å². The molecule has 3 heterocycles. The zero-order valence-corrected chi connectivity index (χ0v) is 17.8. The summed E-state index contributed by atoms with van der Waals surface area (Å²) in [6.45, 7) is 4.84. The highest BCUT2D eigenvalue weighted by Crippen LogP contribution is 2.36. The molecule has 5 rings (SSSR count). The second-order valence-electron chi connectivity index (χ2n) is 8.41. The third-order valence-corrected chi connectivity index (χ3v) is 7.71. The molecule has 30 heavy (non-hydrogen) atoms. The van der Waals surface area contributed by atoms with Crippen molar-refractivity contribution in [2.24, 2.45) is 0 Å². The number of aryl methyl sites for hydroxylation is 2. The fourth-order valence-electron chi connectivity index (χ4n) is 4.83. The van der Waals surface area contributed by atoms with E-state index in [-0.39, 0.29) is 42.8 Å². The lowest BCUT2D eigenvalue weighted by atomic mass is 10.0. The lowest BCUT2D eigenvalue weighted by Gasteiger charge is -2.43. The zero-order valence-electron chi connectivity index (χ0n) is 17.0. The van der Waals surface area contributed by atoms with E-state index in [0.717, 1.165) is 22.4 Å². The van der Waals surface area contributed by atoms with E-state index in [2.05, 4.69) is 0 Å². The number of hydrogen-bond donors (Lipinski definition) is 0. The molecule has 2 aromatic carbocycles. The Labute approximate surface area is 176 Å². The summed E-state index contributed by atoms with van der Waals surface area (Å²) in [6.07, 6.45) is 0. The largest absolute Gasteiger partial charge is 0.454 e. The Morgan fingerprint density at radius 3 is 2.43 bits per heavy atom. The van der Waals surface area contributed by atoms with E-state index < -0.39 is 9.84 Å². The first-order valence-electron chi connectivity index (χ1n) is 10.0. The number of ether oxygens (including phenoxy) is 2. The van der Waals surface area contributed by atoms with Crippen molar-refractivity contribution in [1.82, 2.24) is 4.90 Å². The second-order valence-corrected chi connectivity index (χ2v) is 10.6. The number of carbonyl (C=O) groups excluding carboxylic acids is 1. The topological polar surface area (TPSA) is 76.2 Å². The Balaban J connectivity index is 1.47. The lowest BCUT2D eigenvalue weighted by molar-refractivity contribution is -0.123. The molecule has 0 N–H and O–H groups in total. The fraction of sp³-hybridized carbons (Fsp3) is 0.409. The zero-order chi connectivity index (χ0) is 21.0. The van der Waals surface area contributed by atoms with Gasteiger partial charge in [0.15, 0.2) is 21.3 Å². The second kappa shape index (κ2) is 6.99. The monoisotopic (exact) mass is 428 g/mol. The first-order chi connectivity index (χ1) is 14.3. The van der Waals surface area contributed by atoms with Crippen molar-refractivity contribution >= 4 is 21.4 Å². The number of rotatable bonds is 3. The maximum atomic E-state index is 13.2. The summed E-state index contributed by atoms with van der Waals surface area (Å²) in [5.74, 6) is 1.38. The van der Waals surface area contributed by atoms with Crippen molar-refractivity contribution in [3.63, 3.8) is 0 Å². The van der Waals surface area contributed by atoms with Gasteiger partial charge in [0.2, 0.25) is 12.7 Å². The third-order valence-electron chi connectivity index (χ3n) is 6.01. The van der Waals surface area contributed by atoms with Crippen LogP contribution >= 0.6 is 0 Å². The quantitative estimate of drug-likeness (QED) is 0.745. The highest BCUT2D eigenvalue weighted by Gasteiger charge is 2.49. The molecule has 0 aliphatic carbocycles. The Kier molecular flexibility index (Phi) is 4.52. The summed E-state index contributed by atoms with van der Waals surface area (Å²) in [4.78, 5) is 16.9. The van der Waals surface area contributed by atoms with Crippen LogP contribution in [0.15, 0.2) is 36.4 Å². The number of carbonyl (C=O) groups is 1. The van der Waals surface area contributed by atoms with E-state index in [0.29, 0.717) is 18.0 Å². The Hall–Kier alpha value is -2.58. The van der Waals surface area contributed by atoms with Gasteiger partial charge in [-0.15, -0.1) is 0 Å². The molecule has 0 radical (unpaired) electrons. The minimum Gasteiger partial charge on any atom is -0.454 e. The number of piperazine rings is 1. The van der Waals surface area contributed by atoms with Gasteiger partial charge < -0.3 is 14.4 Å². The minimum absolute atomic E-state index is 0.00592. The van der Waals surface area contributed by atoms with E-state index in [1.807, 2.05) is 55.1 Å². The van der Waals surface area contributed by atoms with Gasteiger partial charge in [0, 0.05) is 18.3 Å². The maximum absolute atomic E-state index is 13.2. The van der Waals surface area contributed by atoms with Gasteiger partial charge >= 0.3 is 0 Å². The first-order valence-corrected chi connectivity index (χ1v) is 11.8. The van der Waals surface area contributed by atoms with E-state index in [9.17, 15) is 13.2 Å². The van der Waals surface area contributed by atoms with Gasteiger partial charge in [-0.1, -0.05) is 12.1 Å². The van der Waals surface area contributed by atoms with E-state index in [4.69, 9.17) is 9.47 Å². The number of amides is 1. The van der Waals surface area contributed by atoms with Crippen molar-refractivity contribution in [3.05, 3.63) is 53.1 Å². The van der Waals surface area contributed by atoms with Gasteiger partial charge in [0.1, 0.15) is 0 Å². The molecule has 2 saturated heterocycles. The van der Waals surface area contributed by atoms with Crippen molar-refractivity contribution in [2.75, 3.05) is 29.7 Å². The number of nitrogens with zero attached hydrogens (tertiary/aromatic N) is 2. The Bertz CT molecular complexity index is 1110. The fourth-order valence-corrected chi connectivity index (χ4v) is 6.81. The molecule has 0 aromatic heterocycles. The average Bonchev–Trinajstić information content (AvgIpc) is 3.23. The molecule has 3 aliphatic rings. The van der Waals surface area contributed by atoms with Gasteiger partial charge in [0.05, 0.1) is 24.1 Å². The summed E-state index contributed by atoms with van der Waals surface area (Å²) in [5.41, 5.74) is 3.86. The molecular weight excluding hydrogens is 404 g/mol. The molecule has 3 aliphatic heterocycles. The Morgan fingerprint density at radius 2 is 1.67 bits per heavy atom. The highest BCUT2D eigenvalue weighted by molar-refractivity contribution is 7.91. The first kappa shape index (κ1) is 19.4.